The second-order valence-corrected chi connectivity index (χ2v) is 6.28. The molecule has 1 saturated heterocycles. The molecule has 86 valence electrons. The number of rotatable bonds is 0. The van der Waals surface area contributed by atoms with Crippen LogP contribution in [0.25, 0.3) is 0 Å². The Morgan fingerprint density at radius 1 is 1.38 bits per heavy atom. The first kappa shape index (κ1) is 9.89. The number of sulfone groups is 1. The third-order valence-corrected chi connectivity index (χ3v) is 4.57. The van der Waals surface area contributed by atoms with Crippen LogP contribution in [0.2, 0.25) is 0 Å². The standard InChI is InChI=1S/C10H10FNO3S/c11-6-1-2-7-9(3-6)15-10-5-16(13,14)4-8(10)12-7/h1-3,8,10,12H,4-5H2. The van der Waals surface area contributed by atoms with Crippen LogP contribution in [-0.4, -0.2) is 32.1 Å². The molecule has 1 aromatic rings. The van der Waals surface area contributed by atoms with Crippen LogP contribution in [0.15, 0.2) is 18.2 Å². The average Bonchev–Trinajstić information content (AvgIpc) is 2.47. The van der Waals surface area contributed by atoms with Gasteiger partial charge in [0.25, 0.3) is 0 Å². The summed E-state index contributed by atoms with van der Waals surface area (Å²) in [6, 6.07) is 3.93. The predicted octanol–water partition coefficient (Wildman–Crippen LogP) is 0.796. The second kappa shape index (κ2) is 3.10. The van der Waals surface area contributed by atoms with Gasteiger partial charge >= 0.3 is 0 Å². The van der Waals surface area contributed by atoms with Gasteiger partial charge in [-0.05, 0) is 12.1 Å². The first-order valence-corrected chi connectivity index (χ1v) is 6.79. The molecule has 4 nitrogen and oxygen atoms in total. The molecular weight excluding hydrogens is 233 g/mol. The van der Waals surface area contributed by atoms with Crippen molar-refractivity contribution in [3.63, 3.8) is 0 Å². The Morgan fingerprint density at radius 3 is 3.00 bits per heavy atom. The minimum absolute atomic E-state index is 0.000615. The topological polar surface area (TPSA) is 55.4 Å². The molecule has 16 heavy (non-hydrogen) atoms. The summed E-state index contributed by atoms with van der Waals surface area (Å²) in [7, 11) is -3.04. The third-order valence-electron chi connectivity index (χ3n) is 2.86. The average molecular weight is 243 g/mol. The molecule has 1 N–H and O–H groups in total. The quantitative estimate of drug-likeness (QED) is 0.732. The summed E-state index contributed by atoms with van der Waals surface area (Å²) in [5.41, 5.74) is 0.653. The maximum absolute atomic E-state index is 13.0. The summed E-state index contributed by atoms with van der Waals surface area (Å²) in [5, 5.41) is 3.07. The van der Waals surface area contributed by atoms with Crippen molar-refractivity contribution >= 4 is 15.5 Å². The van der Waals surface area contributed by atoms with E-state index in [1.54, 1.807) is 6.07 Å². The van der Waals surface area contributed by atoms with E-state index in [9.17, 15) is 12.8 Å². The zero-order chi connectivity index (χ0) is 11.3. The van der Waals surface area contributed by atoms with E-state index >= 15 is 0 Å². The highest BCUT2D eigenvalue weighted by Crippen LogP contribution is 2.34. The molecule has 2 heterocycles. The number of nitrogens with one attached hydrogen (secondary N) is 1. The fraction of sp³-hybridized carbons (Fsp3) is 0.400. The molecule has 2 atom stereocenters. The van der Waals surface area contributed by atoms with Gasteiger partial charge in [0, 0.05) is 6.07 Å². The SMILES string of the molecule is O=S1(=O)CC2Nc3ccc(F)cc3OC2C1. The van der Waals surface area contributed by atoms with E-state index in [1.807, 2.05) is 0 Å². The van der Waals surface area contributed by atoms with E-state index in [-0.39, 0.29) is 23.4 Å². The molecule has 1 fully saturated rings. The van der Waals surface area contributed by atoms with Crippen LogP contribution < -0.4 is 10.1 Å². The zero-order valence-electron chi connectivity index (χ0n) is 8.31. The van der Waals surface area contributed by atoms with E-state index < -0.39 is 15.9 Å². The van der Waals surface area contributed by atoms with E-state index in [4.69, 9.17) is 4.74 Å². The summed E-state index contributed by atoms with van der Waals surface area (Å²) < 4.78 is 41.3. The third kappa shape index (κ3) is 1.53. The molecule has 0 spiro atoms. The van der Waals surface area contributed by atoms with Gasteiger partial charge in [0.2, 0.25) is 0 Å². The Morgan fingerprint density at radius 2 is 2.19 bits per heavy atom. The van der Waals surface area contributed by atoms with Gasteiger partial charge in [-0.25, -0.2) is 12.8 Å². The monoisotopic (exact) mass is 243 g/mol. The Bertz CT molecular complexity index is 543. The van der Waals surface area contributed by atoms with Gasteiger partial charge in [0.05, 0.1) is 23.2 Å². The highest BCUT2D eigenvalue weighted by Gasteiger charge is 2.42. The van der Waals surface area contributed by atoms with E-state index in [2.05, 4.69) is 5.32 Å². The number of benzene rings is 1. The van der Waals surface area contributed by atoms with E-state index in [0.717, 1.165) is 0 Å². The largest absolute Gasteiger partial charge is 0.485 e. The summed E-state index contributed by atoms with van der Waals surface area (Å²) in [6.07, 6.45) is -0.403. The van der Waals surface area contributed by atoms with Crippen LogP contribution in [-0.2, 0) is 9.84 Å². The molecule has 2 aliphatic heterocycles. The van der Waals surface area contributed by atoms with E-state index in [0.29, 0.717) is 11.4 Å². The minimum Gasteiger partial charge on any atom is -0.485 e. The van der Waals surface area contributed by atoms with Crippen molar-refractivity contribution in [3.05, 3.63) is 24.0 Å². The number of hydrogen-bond acceptors (Lipinski definition) is 4. The lowest BCUT2D eigenvalue weighted by Gasteiger charge is -2.29. The van der Waals surface area contributed by atoms with Gasteiger partial charge in [-0.2, -0.15) is 0 Å². The first-order chi connectivity index (χ1) is 7.53. The number of fused-ring (bicyclic) bond motifs is 2. The van der Waals surface area contributed by atoms with Crippen molar-refractivity contribution in [1.29, 1.82) is 0 Å². The van der Waals surface area contributed by atoms with Crippen molar-refractivity contribution in [3.8, 4) is 5.75 Å². The van der Waals surface area contributed by atoms with Gasteiger partial charge in [-0.15, -0.1) is 0 Å². The lowest BCUT2D eigenvalue weighted by atomic mass is 10.1. The molecule has 2 aliphatic rings. The lowest BCUT2D eigenvalue weighted by Crippen LogP contribution is -2.40. The fourth-order valence-corrected chi connectivity index (χ4v) is 3.92. The summed E-state index contributed by atoms with van der Waals surface area (Å²) in [6.45, 7) is 0. The van der Waals surface area contributed by atoms with Crippen LogP contribution in [0, 0.1) is 5.82 Å². The lowest BCUT2D eigenvalue weighted by molar-refractivity contribution is 0.205. The molecular formula is C10H10FNO3S. The van der Waals surface area contributed by atoms with Crippen molar-refractivity contribution in [2.75, 3.05) is 16.8 Å². The Hall–Kier alpha value is -1.30. The Labute approximate surface area is 92.3 Å². The molecule has 0 aliphatic carbocycles. The second-order valence-electron chi connectivity index (χ2n) is 4.12. The molecule has 0 saturated carbocycles. The fourth-order valence-electron chi connectivity index (χ4n) is 2.14. The maximum atomic E-state index is 13.0. The summed E-state index contributed by atoms with van der Waals surface area (Å²) >= 11 is 0. The van der Waals surface area contributed by atoms with Crippen LogP contribution in [0.4, 0.5) is 10.1 Å². The predicted molar refractivity (Wildman–Crippen MR) is 56.9 cm³/mol. The number of anilines is 1. The molecule has 2 unspecified atom stereocenters. The van der Waals surface area contributed by atoms with E-state index in [1.165, 1.54) is 12.1 Å². The van der Waals surface area contributed by atoms with Gasteiger partial charge in [0.15, 0.2) is 9.84 Å². The Kier molecular flexibility index (Phi) is 1.92. The first-order valence-electron chi connectivity index (χ1n) is 4.97. The molecule has 3 rings (SSSR count). The molecule has 1 aromatic carbocycles. The minimum atomic E-state index is -3.04. The maximum Gasteiger partial charge on any atom is 0.156 e. The summed E-state index contributed by atoms with van der Waals surface area (Å²) in [4.78, 5) is 0. The summed E-state index contributed by atoms with van der Waals surface area (Å²) in [5.74, 6) is 0.0768. The van der Waals surface area contributed by atoms with Crippen LogP contribution in [0.1, 0.15) is 0 Å². The van der Waals surface area contributed by atoms with Crippen LogP contribution >= 0.6 is 0 Å². The zero-order valence-corrected chi connectivity index (χ0v) is 9.13. The van der Waals surface area contributed by atoms with Crippen molar-refractivity contribution in [1.82, 2.24) is 0 Å². The highest BCUT2D eigenvalue weighted by atomic mass is 32.2. The molecule has 0 radical (unpaired) electrons. The van der Waals surface area contributed by atoms with Crippen molar-refractivity contribution in [2.45, 2.75) is 12.1 Å². The van der Waals surface area contributed by atoms with Gasteiger partial charge in [-0.3, -0.25) is 0 Å². The number of ether oxygens (including phenoxy) is 1. The van der Waals surface area contributed by atoms with Crippen molar-refractivity contribution in [2.24, 2.45) is 0 Å². The normalized spacial score (nSPS) is 29.8. The molecule has 0 bridgehead atoms. The molecule has 0 aromatic heterocycles. The van der Waals surface area contributed by atoms with Gasteiger partial charge < -0.3 is 10.1 Å². The van der Waals surface area contributed by atoms with Gasteiger partial charge in [-0.1, -0.05) is 0 Å². The smallest absolute Gasteiger partial charge is 0.156 e. The molecule has 0 amide bonds. The van der Waals surface area contributed by atoms with Crippen molar-refractivity contribution < 1.29 is 17.5 Å². The Balaban J connectivity index is 1.97. The number of halogens is 1. The molecule has 6 heteroatoms. The van der Waals surface area contributed by atoms with Crippen LogP contribution in [0.3, 0.4) is 0 Å². The highest BCUT2D eigenvalue weighted by molar-refractivity contribution is 7.91. The number of hydrogen-bond donors (Lipinski definition) is 1. The van der Waals surface area contributed by atoms with Crippen LogP contribution in [0.5, 0.6) is 5.75 Å². The van der Waals surface area contributed by atoms with Gasteiger partial charge in [0.1, 0.15) is 17.7 Å².